The number of Topliss-reactive ketones (excluding diaryl/α,β-unsaturated/α-hetero) is 1. The standard InChI is InChI=1S/C19H20N4O2/c1-12-20-11-17(23(12)2)13-5-6-16-14(8-13)9-15(21-22-16)10-18(24)19-4-3-7-25-19/h5-6,8-9,11,19H,3-4,7,10H2,1-2H3/t19-/m0/s1. The monoisotopic (exact) mass is 336 g/mol. The van der Waals surface area contributed by atoms with Crippen LogP contribution in [0.25, 0.3) is 22.2 Å². The topological polar surface area (TPSA) is 69.9 Å². The summed E-state index contributed by atoms with van der Waals surface area (Å²) in [5.74, 6) is 1.05. The number of ether oxygens (including phenoxy) is 1. The van der Waals surface area contributed by atoms with Crippen molar-refractivity contribution in [2.45, 2.75) is 32.3 Å². The van der Waals surface area contributed by atoms with Gasteiger partial charge in [0.2, 0.25) is 0 Å². The number of nitrogens with zero attached hydrogens (tertiary/aromatic N) is 4. The predicted molar refractivity (Wildman–Crippen MR) is 94.2 cm³/mol. The lowest BCUT2D eigenvalue weighted by Gasteiger charge is -2.08. The van der Waals surface area contributed by atoms with Crippen LogP contribution in [0.1, 0.15) is 24.4 Å². The first-order valence-corrected chi connectivity index (χ1v) is 8.51. The molecule has 3 heterocycles. The lowest BCUT2D eigenvalue weighted by molar-refractivity contribution is -0.127. The third-order valence-corrected chi connectivity index (χ3v) is 4.80. The molecular formula is C19H20N4O2. The van der Waals surface area contributed by atoms with Crippen molar-refractivity contribution in [3.63, 3.8) is 0 Å². The van der Waals surface area contributed by atoms with Gasteiger partial charge < -0.3 is 9.30 Å². The minimum absolute atomic E-state index is 0.0876. The van der Waals surface area contributed by atoms with Crippen LogP contribution in [0.15, 0.2) is 30.5 Å². The van der Waals surface area contributed by atoms with Gasteiger partial charge in [-0.3, -0.25) is 4.79 Å². The average Bonchev–Trinajstić information content (AvgIpc) is 3.26. The highest BCUT2D eigenvalue weighted by atomic mass is 16.5. The van der Waals surface area contributed by atoms with E-state index < -0.39 is 0 Å². The van der Waals surface area contributed by atoms with E-state index in [0.29, 0.717) is 12.3 Å². The van der Waals surface area contributed by atoms with Gasteiger partial charge in [0, 0.05) is 24.6 Å². The van der Waals surface area contributed by atoms with Crippen LogP contribution in [0.5, 0.6) is 0 Å². The van der Waals surface area contributed by atoms with Gasteiger partial charge >= 0.3 is 0 Å². The molecule has 0 amide bonds. The lowest BCUT2D eigenvalue weighted by Crippen LogP contribution is -2.21. The fourth-order valence-electron chi connectivity index (χ4n) is 3.23. The third kappa shape index (κ3) is 3.05. The molecule has 2 aromatic heterocycles. The number of ketones is 1. The maximum absolute atomic E-state index is 12.3. The van der Waals surface area contributed by atoms with Crippen molar-refractivity contribution in [2.75, 3.05) is 6.61 Å². The van der Waals surface area contributed by atoms with Crippen LogP contribution in [-0.2, 0) is 23.0 Å². The Morgan fingerprint density at radius 1 is 1.32 bits per heavy atom. The Hall–Kier alpha value is -2.60. The number of hydrogen-bond donors (Lipinski definition) is 0. The zero-order valence-corrected chi connectivity index (χ0v) is 14.4. The van der Waals surface area contributed by atoms with Crippen LogP contribution in [0.3, 0.4) is 0 Å². The fourth-order valence-corrected chi connectivity index (χ4v) is 3.23. The maximum atomic E-state index is 12.3. The van der Waals surface area contributed by atoms with Crippen molar-refractivity contribution < 1.29 is 9.53 Å². The van der Waals surface area contributed by atoms with Gasteiger partial charge in [-0.25, -0.2) is 4.98 Å². The first-order valence-electron chi connectivity index (χ1n) is 8.51. The molecule has 0 N–H and O–H groups in total. The second-order valence-electron chi connectivity index (χ2n) is 6.50. The van der Waals surface area contributed by atoms with E-state index in [1.807, 2.05) is 38.4 Å². The van der Waals surface area contributed by atoms with Crippen LogP contribution in [0, 0.1) is 6.92 Å². The number of imidazole rings is 1. The summed E-state index contributed by atoms with van der Waals surface area (Å²) in [6.07, 6.45) is 3.62. The molecule has 1 aliphatic heterocycles. The van der Waals surface area contributed by atoms with Gasteiger partial charge in [-0.15, -0.1) is 0 Å². The van der Waals surface area contributed by atoms with Gasteiger partial charge in [0.1, 0.15) is 11.9 Å². The van der Waals surface area contributed by atoms with Crippen LogP contribution in [-0.4, -0.2) is 38.2 Å². The minimum atomic E-state index is -0.277. The van der Waals surface area contributed by atoms with E-state index in [-0.39, 0.29) is 18.3 Å². The predicted octanol–water partition coefficient (Wildman–Crippen LogP) is 2.63. The highest BCUT2D eigenvalue weighted by molar-refractivity contribution is 5.87. The minimum Gasteiger partial charge on any atom is -0.370 e. The summed E-state index contributed by atoms with van der Waals surface area (Å²) in [7, 11) is 2.00. The molecule has 3 aromatic rings. The van der Waals surface area contributed by atoms with E-state index in [0.717, 1.165) is 40.8 Å². The quantitative estimate of drug-likeness (QED) is 0.732. The normalized spacial score (nSPS) is 17.3. The SMILES string of the molecule is Cc1ncc(-c2ccc3nnc(CC(=O)[C@@H]4CCCO4)cc3c2)n1C. The number of carbonyl (C=O) groups is 1. The molecular weight excluding hydrogens is 316 g/mol. The van der Waals surface area contributed by atoms with Crippen LogP contribution < -0.4 is 0 Å². The van der Waals surface area contributed by atoms with Crippen LogP contribution >= 0.6 is 0 Å². The molecule has 1 fully saturated rings. The van der Waals surface area contributed by atoms with Crippen LogP contribution in [0.4, 0.5) is 0 Å². The highest BCUT2D eigenvalue weighted by Crippen LogP contribution is 2.24. The number of fused-ring (bicyclic) bond motifs is 1. The fraction of sp³-hybridized carbons (Fsp3) is 0.368. The molecule has 1 saturated heterocycles. The second kappa shape index (κ2) is 6.37. The van der Waals surface area contributed by atoms with Gasteiger partial charge in [0.15, 0.2) is 5.78 Å². The molecule has 0 radical (unpaired) electrons. The summed E-state index contributed by atoms with van der Waals surface area (Å²) in [4.78, 5) is 16.6. The number of aromatic nitrogens is 4. The van der Waals surface area contributed by atoms with Gasteiger partial charge in [0.05, 0.1) is 29.5 Å². The van der Waals surface area contributed by atoms with Crippen molar-refractivity contribution in [3.05, 3.63) is 42.0 Å². The molecule has 6 heteroatoms. The summed E-state index contributed by atoms with van der Waals surface area (Å²) in [6, 6.07) is 7.98. The van der Waals surface area contributed by atoms with Gasteiger partial charge in [-0.05, 0) is 38.0 Å². The smallest absolute Gasteiger partial charge is 0.167 e. The maximum Gasteiger partial charge on any atom is 0.167 e. The van der Waals surface area contributed by atoms with E-state index in [1.165, 1.54) is 0 Å². The number of rotatable bonds is 4. The van der Waals surface area contributed by atoms with Crippen molar-refractivity contribution in [1.82, 2.24) is 19.7 Å². The number of benzene rings is 1. The Balaban J connectivity index is 1.64. The number of carbonyl (C=O) groups excluding carboxylic acids is 1. The molecule has 0 spiro atoms. The summed E-state index contributed by atoms with van der Waals surface area (Å²) in [5, 5.41) is 9.43. The zero-order valence-electron chi connectivity index (χ0n) is 14.4. The Morgan fingerprint density at radius 3 is 2.92 bits per heavy atom. The van der Waals surface area contributed by atoms with E-state index in [9.17, 15) is 4.79 Å². The van der Waals surface area contributed by atoms with Gasteiger partial charge in [0.25, 0.3) is 0 Å². The summed E-state index contributed by atoms with van der Waals surface area (Å²) in [6.45, 7) is 2.65. The molecule has 0 saturated carbocycles. The van der Waals surface area contributed by atoms with Gasteiger partial charge in [-0.1, -0.05) is 6.07 Å². The van der Waals surface area contributed by atoms with E-state index in [1.54, 1.807) is 0 Å². The molecule has 0 aliphatic carbocycles. The molecule has 0 bridgehead atoms. The lowest BCUT2D eigenvalue weighted by atomic mass is 10.0. The van der Waals surface area contributed by atoms with Crippen LogP contribution in [0.2, 0.25) is 0 Å². The first kappa shape index (κ1) is 15.9. The zero-order chi connectivity index (χ0) is 17.4. The molecule has 128 valence electrons. The van der Waals surface area contributed by atoms with E-state index >= 15 is 0 Å². The van der Waals surface area contributed by atoms with Crippen molar-refractivity contribution in [3.8, 4) is 11.3 Å². The molecule has 6 nitrogen and oxygen atoms in total. The second-order valence-corrected chi connectivity index (χ2v) is 6.50. The molecule has 1 aromatic carbocycles. The number of aryl methyl sites for hydroxylation is 1. The van der Waals surface area contributed by atoms with Crippen molar-refractivity contribution in [2.24, 2.45) is 7.05 Å². The Kier molecular flexibility index (Phi) is 4.05. The Bertz CT molecular complexity index is 942. The van der Waals surface area contributed by atoms with Gasteiger partial charge in [-0.2, -0.15) is 10.2 Å². The molecule has 1 aliphatic rings. The molecule has 1 atom stereocenters. The van der Waals surface area contributed by atoms with Crippen molar-refractivity contribution >= 4 is 16.7 Å². The Morgan fingerprint density at radius 2 is 2.20 bits per heavy atom. The Labute approximate surface area is 145 Å². The number of hydrogen-bond acceptors (Lipinski definition) is 5. The molecule has 4 rings (SSSR count). The molecule has 25 heavy (non-hydrogen) atoms. The molecule has 0 unspecified atom stereocenters. The highest BCUT2D eigenvalue weighted by Gasteiger charge is 2.24. The summed E-state index contributed by atoms with van der Waals surface area (Å²) in [5.41, 5.74) is 3.62. The van der Waals surface area contributed by atoms with E-state index in [2.05, 4.69) is 25.8 Å². The summed E-state index contributed by atoms with van der Waals surface area (Å²) >= 11 is 0. The van der Waals surface area contributed by atoms with Crippen molar-refractivity contribution in [1.29, 1.82) is 0 Å². The largest absolute Gasteiger partial charge is 0.370 e. The first-order chi connectivity index (χ1) is 12.1. The third-order valence-electron chi connectivity index (χ3n) is 4.80. The summed E-state index contributed by atoms with van der Waals surface area (Å²) < 4.78 is 7.51. The van der Waals surface area contributed by atoms with E-state index in [4.69, 9.17) is 4.74 Å². The average molecular weight is 336 g/mol.